The Morgan fingerprint density at radius 2 is 1.75 bits per heavy atom. The van der Waals surface area contributed by atoms with Crippen LogP contribution in [-0.2, 0) is 11.2 Å². The van der Waals surface area contributed by atoms with Gasteiger partial charge in [-0.15, -0.1) is 0 Å². The fourth-order valence-corrected chi connectivity index (χ4v) is 3.42. The van der Waals surface area contributed by atoms with E-state index in [4.69, 9.17) is 37.4 Å². The van der Waals surface area contributed by atoms with Gasteiger partial charge in [-0.2, -0.15) is 5.10 Å². The third-order valence-electron chi connectivity index (χ3n) is 5.06. The Kier molecular flexibility index (Phi) is 10.2. The minimum absolute atomic E-state index is 0.168. The summed E-state index contributed by atoms with van der Waals surface area (Å²) in [6.45, 7) is 1.99. The fraction of sp³-hybridized carbons (Fsp3) is 0.222. The van der Waals surface area contributed by atoms with E-state index in [0.29, 0.717) is 22.1 Å². The van der Waals surface area contributed by atoms with Crippen molar-refractivity contribution in [3.8, 4) is 17.2 Å². The van der Waals surface area contributed by atoms with E-state index in [1.807, 2.05) is 24.3 Å². The zero-order chi connectivity index (χ0) is 25.9. The second kappa shape index (κ2) is 13.5. The molecule has 0 heterocycles. The fourth-order valence-electron chi connectivity index (χ4n) is 3.12. The molecular weight excluding hydrogens is 503 g/mol. The van der Waals surface area contributed by atoms with Crippen LogP contribution in [0.1, 0.15) is 41.3 Å². The highest BCUT2D eigenvalue weighted by molar-refractivity contribution is 6.42. The first kappa shape index (κ1) is 27.0. The summed E-state index contributed by atoms with van der Waals surface area (Å²) in [7, 11) is 1.45. The van der Waals surface area contributed by atoms with Gasteiger partial charge in [-0.25, -0.2) is 10.2 Å². The first-order valence-electron chi connectivity index (χ1n) is 11.3. The third kappa shape index (κ3) is 8.00. The van der Waals surface area contributed by atoms with Crippen LogP contribution in [0.5, 0.6) is 17.2 Å². The van der Waals surface area contributed by atoms with Gasteiger partial charge >= 0.3 is 5.97 Å². The zero-order valence-corrected chi connectivity index (χ0v) is 21.4. The molecule has 0 aliphatic rings. The first-order chi connectivity index (χ1) is 17.4. The van der Waals surface area contributed by atoms with Gasteiger partial charge in [0, 0.05) is 0 Å². The quantitative estimate of drug-likeness (QED) is 0.141. The standard InChI is InChI=1S/C27H26Cl2N2O5/c1-3-4-5-18-6-10-21(11-7-18)35-17-26(32)31-30-16-19-8-13-24(25(14-19)34-2)36-27(33)20-9-12-22(28)23(29)15-20/h6-16H,3-5,17H2,1-2H3,(H,31,32)/b30-16-. The number of aryl methyl sites for hydroxylation is 1. The molecule has 0 saturated heterocycles. The molecule has 0 saturated carbocycles. The Balaban J connectivity index is 1.52. The molecule has 0 aliphatic carbocycles. The number of carbonyl (C=O) groups excluding carboxylic acids is 2. The van der Waals surface area contributed by atoms with E-state index >= 15 is 0 Å². The van der Waals surface area contributed by atoms with Crippen molar-refractivity contribution in [3.63, 3.8) is 0 Å². The van der Waals surface area contributed by atoms with Gasteiger partial charge < -0.3 is 14.2 Å². The van der Waals surface area contributed by atoms with Crippen molar-refractivity contribution in [1.82, 2.24) is 5.43 Å². The summed E-state index contributed by atoms with van der Waals surface area (Å²) < 4.78 is 16.2. The predicted molar refractivity (Wildman–Crippen MR) is 141 cm³/mol. The van der Waals surface area contributed by atoms with Crippen molar-refractivity contribution in [2.24, 2.45) is 5.10 Å². The van der Waals surface area contributed by atoms with Crippen LogP contribution in [0.2, 0.25) is 10.0 Å². The van der Waals surface area contributed by atoms with Crippen LogP contribution in [0.4, 0.5) is 0 Å². The van der Waals surface area contributed by atoms with Gasteiger partial charge in [0.15, 0.2) is 18.1 Å². The second-order valence-electron chi connectivity index (χ2n) is 7.76. The smallest absolute Gasteiger partial charge is 0.343 e. The maximum atomic E-state index is 12.4. The second-order valence-corrected chi connectivity index (χ2v) is 8.57. The molecule has 0 aliphatic heterocycles. The molecule has 0 spiro atoms. The molecule has 9 heteroatoms. The molecule has 3 aromatic carbocycles. The van der Waals surface area contributed by atoms with Crippen molar-refractivity contribution >= 4 is 41.3 Å². The van der Waals surface area contributed by atoms with Crippen molar-refractivity contribution in [1.29, 1.82) is 0 Å². The van der Waals surface area contributed by atoms with Crippen LogP contribution in [0.25, 0.3) is 0 Å². The van der Waals surface area contributed by atoms with E-state index in [0.717, 1.165) is 19.3 Å². The third-order valence-corrected chi connectivity index (χ3v) is 5.80. The Bertz CT molecular complexity index is 1230. The predicted octanol–water partition coefficient (Wildman–Crippen LogP) is 6.09. The summed E-state index contributed by atoms with van der Waals surface area (Å²) >= 11 is 11.9. The number of rotatable bonds is 11. The normalized spacial score (nSPS) is 10.8. The number of benzene rings is 3. The highest BCUT2D eigenvalue weighted by Gasteiger charge is 2.14. The van der Waals surface area contributed by atoms with E-state index in [2.05, 4.69) is 17.5 Å². The lowest BCUT2D eigenvalue weighted by atomic mass is 10.1. The van der Waals surface area contributed by atoms with E-state index in [9.17, 15) is 9.59 Å². The highest BCUT2D eigenvalue weighted by Crippen LogP contribution is 2.29. The summed E-state index contributed by atoms with van der Waals surface area (Å²) in [5.74, 6) is 0.120. The van der Waals surface area contributed by atoms with Crippen LogP contribution >= 0.6 is 23.2 Å². The number of hydrazone groups is 1. The molecule has 3 aromatic rings. The van der Waals surface area contributed by atoms with Gasteiger partial charge in [-0.1, -0.05) is 48.7 Å². The molecule has 36 heavy (non-hydrogen) atoms. The minimum Gasteiger partial charge on any atom is -0.493 e. The number of unbranched alkanes of at least 4 members (excludes halogenated alkanes) is 1. The zero-order valence-electron chi connectivity index (χ0n) is 19.9. The number of hydrogen-bond donors (Lipinski definition) is 1. The Hall–Kier alpha value is -3.55. The lowest BCUT2D eigenvalue weighted by molar-refractivity contribution is -0.123. The van der Waals surface area contributed by atoms with Crippen LogP contribution in [0.3, 0.4) is 0 Å². The van der Waals surface area contributed by atoms with Gasteiger partial charge in [0.05, 0.1) is 28.9 Å². The summed E-state index contributed by atoms with van der Waals surface area (Å²) in [6, 6.07) is 17.0. The van der Waals surface area contributed by atoms with Gasteiger partial charge in [0.2, 0.25) is 0 Å². The van der Waals surface area contributed by atoms with Crippen molar-refractivity contribution in [2.45, 2.75) is 26.2 Å². The number of methoxy groups -OCH3 is 1. The van der Waals surface area contributed by atoms with E-state index in [-0.39, 0.29) is 22.9 Å². The monoisotopic (exact) mass is 528 g/mol. The number of esters is 1. The molecule has 1 amide bonds. The molecule has 0 aromatic heterocycles. The maximum Gasteiger partial charge on any atom is 0.343 e. The molecule has 0 fully saturated rings. The van der Waals surface area contributed by atoms with E-state index in [1.54, 1.807) is 18.2 Å². The van der Waals surface area contributed by atoms with Gasteiger partial charge in [0.25, 0.3) is 5.91 Å². The van der Waals surface area contributed by atoms with E-state index < -0.39 is 11.9 Å². The molecular formula is C27H26Cl2N2O5. The average Bonchev–Trinajstić information content (AvgIpc) is 2.89. The Morgan fingerprint density at radius 1 is 0.972 bits per heavy atom. The molecule has 1 N–H and O–H groups in total. The summed E-state index contributed by atoms with van der Waals surface area (Å²) in [5.41, 5.74) is 4.51. The number of ether oxygens (including phenoxy) is 3. The Labute approximate surface area is 220 Å². The average molecular weight is 529 g/mol. The molecule has 0 atom stereocenters. The lowest BCUT2D eigenvalue weighted by Crippen LogP contribution is -2.24. The number of carbonyl (C=O) groups is 2. The number of nitrogens with one attached hydrogen (secondary N) is 1. The topological polar surface area (TPSA) is 86.2 Å². The highest BCUT2D eigenvalue weighted by atomic mass is 35.5. The number of amides is 1. The van der Waals surface area contributed by atoms with Gasteiger partial charge in [-0.05, 0) is 72.5 Å². The van der Waals surface area contributed by atoms with Crippen molar-refractivity contribution < 1.29 is 23.8 Å². The largest absolute Gasteiger partial charge is 0.493 e. The molecule has 0 radical (unpaired) electrons. The molecule has 0 bridgehead atoms. The number of halogens is 2. The summed E-state index contributed by atoms with van der Waals surface area (Å²) in [4.78, 5) is 24.5. The first-order valence-corrected chi connectivity index (χ1v) is 12.0. The summed E-state index contributed by atoms with van der Waals surface area (Å²) in [5, 5.41) is 4.52. The number of hydrogen-bond acceptors (Lipinski definition) is 6. The molecule has 188 valence electrons. The SMILES string of the molecule is CCCCc1ccc(OCC(=O)N/N=C\c2ccc(OC(=O)c3ccc(Cl)c(Cl)c3)c(OC)c2)cc1. The van der Waals surface area contributed by atoms with E-state index in [1.165, 1.54) is 37.1 Å². The maximum absolute atomic E-state index is 12.4. The van der Waals surface area contributed by atoms with Gasteiger partial charge in [-0.3, -0.25) is 4.79 Å². The van der Waals surface area contributed by atoms with Crippen molar-refractivity contribution in [2.75, 3.05) is 13.7 Å². The molecule has 3 rings (SSSR count). The minimum atomic E-state index is -0.615. The van der Waals surface area contributed by atoms with Crippen LogP contribution in [-0.4, -0.2) is 31.8 Å². The summed E-state index contributed by atoms with van der Waals surface area (Å²) in [6.07, 6.45) is 4.74. The lowest BCUT2D eigenvalue weighted by Gasteiger charge is -2.10. The Morgan fingerprint density at radius 3 is 2.44 bits per heavy atom. The van der Waals surface area contributed by atoms with Crippen LogP contribution < -0.4 is 19.6 Å². The van der Waals surface area contributed by atoms with Crippen molar-refractivity contribution in [3.05, 3.63) is 87.4 Å². The number of nitrogens with zero attached hydrogens (tertiary/aromatic N) is 1. The van der Waals surface area contributed by atoms with Crippen LogP contribution in [0, 0.1) is 0 Å². The van der Waals surface area contributed by atoms with Crippen LogP contribution in [0.15, 0.2) is 65.8 Å². The molecule has 7 nitrogen and oxygen atoms in total. The molecule has 0 unspecified atom stereocenters. The van der Waals surface area contributed by atoms with Gasteiger partial charge in [0.1, 0.15) is 5.75 Å².